The van der Waals surface area contributed by atoms with Crippen LogP contribution in [0.15, 0.2) is 18.6 Å². The van der Waals surface area contributed by atoms with Gasteiger partial charge in [0.25, 0.3) is 0 Å². The maximum atomic E-state index is 12.0. The van der Waals surface area contributed by atoms with Crippen LogP contribution < -0.4 is 5.32 Å². The molecule has 0 aliphatic carbocycles. The first-order valence-electron chi connectivity index (χ1n) is 7.14. The molecule has 1 aliphatic rings. The van der Waals surface area contributed by atoms with Crippen LogP contribution in [0.1, 0.15) is 31.4 Å². The Morgan fingerprint density at radius 1 is 1.38 bits per heavy atom. The van der Waals surface area contributed by atoms with Crippen molar-refractivity contribution >= 4 is 12.0 Å². The number of nitrogens with zero attached hydrogens (tertiary/aromatic N) is 3. The van der Waals surface area contributed by atoms with Crippen LogP contribution in [0.3, 0.4) is 0 Å². The lowest BCUT2D eigenvalue weighted by atomic mass is 9.92. The van der Waals surface area contributed by atoms with Crippen molar-refractivity contribution in [3.8, 4) is 0 Å². The number of carboxylic acids is 1. The number of likely N-dealkylation sites (tertiary alicyclic amines) is 1. The summed E-state index contributed by atoms with van der Waals surface area (Å²) in [4.78, 5) is 32.2. The van der Waals surface area contributed by atoms with E-state index in [4.69, 9.17) is 5.11 Å². The Morgan fingerprint density at radius 2 is 2.14 bits per heavy atom. The predicted octanol–water partition coefficient (Wildman–Crippen LogP) is 1.26. The molecule has 7 heteroatoms. The van der Waals surface area contributed by atoms with E-state index < -0.39 is 5.97 Å². The van der Waals surface area contributed by atoms with E-state index >= 15 is 0 Å². The average Bonchev–Trinajstić information content (AvgIpc) is 2.52. The highest BCUT2D eigenvalue weighted by molar-refractivity contribution is 5.74. The predicted molar refractivity (Wildman–Crippen MR) is 75.4 cm³/mol. The second-order valence-corrected chi connectivity index (χ2v) is 5.22. The number of carboxylic acid groups (broad SMARTS) is 1. The lowest BCUT2D eigenvalue weighted by Gasteiger charge is -2.31. The number of nitrogens with one attached hydrogen (secondary N) is 1. The van der Waals surface area contributed by atoms with Gasteiger partial charge in [-0.3, -0.25) is 4.79 Å². The molecule has 1 aromatic rings. The van der Waals surface area contributed by atoms with Crippen molar-refractivity contribution in [2.75, 3.05) is 13.1 Å². The molecule has 2 rings (SSSR count). The third-order valence-electron chi connectivity index (χ3n) is 3.73. The molecule has 0 unspecified atom stereocenters. The summed E-state index contributed by atoms with van der Waals surface area (Å²) in [5, 5.41) is 11.5. The summed E-state index contributed by atoms with van der Waals surface area (Å²) in [5.41, 5.74) is 0.773. The second-order valence-electron chi connectivity index (χ2n) is 5.22. The quantitative estimate of drug-likeness (QED) is 0.852. The topological polar surface area (TPSA) is 95.4 Å². The number of rotatable bonds is 5. The smallest absolute Gasteiger partial charge is 0.317 e. The number of hydrogen-bond acceptors (Lipinski definition) is 4. The van der Waals surface area contributed by atoms with Gasteiger partial charge in [0.1, 0.15) is 6.33 Å². The number of carbonyl (C=O) groups is 2. The van der Waals surface area contributed by atoms with Crippen molar-refractivity contribution in [2.24, 2.45) is 5.92 Å². The SMILES string of the molecule is O=C(O)CCC1CCN(C(=O)NCc2ccncn2)CC1. The van der Waals surface area contributed by atoms with Crippen LogP contribution in [0.4, 0.5) is 4.79 Å². The molecule has 0 radical (unpaired) electrons. The van der Waals surface area contributed by atoms with Crippen molar-refractivity contribution < 1.29 is 14.7 Å². The molecule has 1 aliphatic heterocycles. The fraction of sp³-hybridized carbons (Fsp3) is 0.571. The molecule has 1 aromatic heterocycles. The summed E-state index contributed by atoms with van der Waals surface area (Å²) in [6.07, 6.45) is 5.75. The third kappa shape index (κ3) is 5.02. The van der Waals surface area contributed by atoms with E-state index in [1.807, 2.05) is 0 Å². The van der Waals surface area contributed by atoms with Gasteiger partial charge < -0.3 is 15.3 Å². The number of carbonyl (C=O) groups excluding carboxylic acids is 1. The average molecular weight is 292 g/mol. The Kier molecular flexibility index (Phi) is 5.48. The minimum atomic E-state index is -0.750. The highest BCUT2D eigenvalue weighted by Gasteiger charge is 2.22. The molecular weight excluding hydrogens is 272 g/mol. The molecule has 0 saturated carbocycles. The van der Waals surface area contributed by atoms with Gasteiger partial charge in [-0.05, 0) is 31.2 Å². The Hall–Kier alpha value is -2.18. The van der Waals surface area contributed by atoms with Crippen LogP contribution in [0.5, 0.6) is 0 Å². The fourth-order valence-electron chi connectivity index (χ4n) is 2.45. The van der Waals surface area contributed by atoms with Crippen molar-refractivity contribution in [3.63, 3.8) is 0 Å². The second kappa shape index (κ2) is 7.56. The Bertz CT molecular complexity index is 472. The summed E-state index contributed by atoms with van der Waals surface area (Å²) in [6.45, 7) is 1.75. The highest BCUT2D eigenvalue weighted by Crippen LogP contribution is 2.21. The Morgan fingerprint density at radius 3 is 2.76 bits per heavy atom. The van der Waals surface area contributed by atoms with Crippen molar-refractivity contribution in [1.82, 2.24) is 20.2 Å². The van der Waals surface area contributed by atoms with E-state index in [0.29, 0.717) is 32.0 Å². The van der Waals surface area contributed by atoms with Crippen molar-refractivity contribution in [3.05, 3.63) is 24.3 Å². The zero-order chi connectivity index (χ0) is 15.1. The van der Waals surface area contributed by atoms with E-state index in [0.717, 1.165) is 18.5 Å². The van der Waals surface area contributed by atoms with Gasteiger partial charge >= 0.3 is 12.0 Å². The van der Waals surface area contributed by atoms with Gasteiger partial charge in [0.05, 0.1) is 12.2 Å². The molecule has 0 spiro atoms. The van der Waals surface area contributed by atoms with Crippen molar-refractivity contribution in [2.45, 2.75) is 32.2 Å². The summed E-state index contributed by atoms with van der Waals surface area (Å²) < 4.78 is 0. The molecular formula is C14H20N4O3. The molecule has 0 atom stereocenters. The van der Waals surface area contributed by atoms with Gasteiger partial charge in [-0.25, -0.2) is 14.8 Å². The summed E-state index contributed by atoms with van der Waals surface area (Å²) in [5.74, 6) is -0.341. The van der Waals surface area contributed by atoms with Gasteiger partial charge in [0.15, 0.2) is 0 Å². The first kappa shape index (κ1) is 15.2. The number of urea groups is 1. The fourth-order valence-corrected chi connectivity index (χ4v) is 2.45. The van der Waals surface area contributed by atoms with Crippen molar-refractivity contribution in [1.29, 1.82) is 0 Å². The molecule has 21 heavy (non-hydrogen) atoms. The van der Waals surface area contributed by atoms with Crippen LogP contribution in [0.2, 0.25) is 0 Å². The molecule has 2 amide bonds. The first-order valence-corrected chi connectivity index (χ1v) is 7.14. The Balaban J connectivity index is 1.69. The lowest BCUT2D eigenvalue weighted by molar-refractivity contribution is -0.137. The standard InChI is InChI=1S/C14H20N4O3/c19-13(20)2-1-11-4-7-18(8-5-11)14(21)16-9-12-3-6-15-10-17-12/h3,6,10-11H,1-2,4-5,7-9H2,(H,16,21)(H,19,20). The number of hydrogen-bond donors (Lipinski definition) is 2. The normalized spacial score (nSPS) is 15.7. The molecule has 7 nitrogen and oxygen atoms in total. The van der Waals surface area contributed by atoms with Gasteiger partial charge in [-0.15, -0.1) is 0 Å². The van der Waals surface area contributed by atoms with E-state index in [2.05, 4.69) is 15.3 Å². The Labute approximate surface area is 123 Å². The summed E-state index contributed by atoms with van der Waals surface area (Å²) >= 11 is 0. The van der Waals surface area contributed by atoms with Gasteiger partial charge in [0, 0.05) is 25.7 Å². The molecule has 0 bridgehead atoms. The number of amides is 2. The molecule has 2 heterocycles. The first-order chi connectivity index (χ1) is 10.1. The minimum Gasteiger partial charge on any atom is -0.481 e. The van der Waals surface area contributed by atoms with E-state index in [1.165, 1.54) is 6.33 Å². The zero-order valence-electron chi connectivity index (χ0n) is 11.9. The molecule has 2 N–H and O–H groups in total. The van der Waals surface area contributed by atoms with Gasteiger partial charge in [-0.2, -0.15) is 0 Å². The highest BCUT2D eigenvalue weighted by atomic mass is 16.4. The minimum absolute atomic E-state index is 0.0923. The van der Waals surface area contributed by atoms with E-state index in [9.17, 15) is 9.59 Å². The lowest BCUT2D eigenvalue weighted by Crippen LogP contribution is -2.44. The number of aliphatic carboxylic acids is 1. The molecule has 1 fully saturated rings. The number of aromatic nitrogens is 2. The van der Waals surface area contributed by atoms with E-state index in [1.54, 1.807) is 17.2 Å². The molecule has 0 aromatic carbocycles. The number of piperidine rings is 1. The van der Waals surface area contributed by atoms with Crippen LogP contribution in [-0.2, 0) is 11.3 Å². The van der Waals surface area contributed by atoms with Crippen LogP contribution >= 0.6 is 0 Å². The monoisotopic (exact) mass is 292 g/mol. The van der Waals surface area contributed by atoms with Crippen LogP contribution in [0.25, 0.3) is 0 Å². The maximum Gasteiger partial charge on any atom is 0.317 e. The maximum absolute atomic E-state index is 12.0. The third-order valence-corrected chi connectivity index (χ3v) is 3.73. The largest absolute Gasteiger partial charge is 0.481 e. The summed E-state index contributed by atoms with van der Waals surface area (Å²) in [7, 11) is 0. The van der Waals surface area contributed by atoms with Crippen LogP contribution in [0, 0.1) is 5.92 Å². The van der Waals surface area contributed by atoms with Gasteiger partial charge in [0.2, 0.25) is 0 Å². The molecule has 114 valence electrons. The zero-order valence-corrected chi connectivity index (χ0v) is 11.9. The van der Waals surface area contributed by atoms with E-state index in [-0.39, 0.29) is 12.5 Å². The van der Waals surface area contributed by atoms with Gasteiger partial charge in [-0.1, -0.05) is 0 Å². The van der Waals surface area contributed by atoms with Crippen LogP contribution in [-0.4, -0.2) is 45.1 Å². The summed E-state index contributed by atoms with van der Waals surface area (Å²) in [6, 6.07) is 1.67. The molecule has 1 saturated heterocycles.